The van der Waals surface area contributed by atoms with Crippen molar-refractivity contribution in [1.82, 2.24) is 25.3 Å². The van der Waals surface area contributed by atoms with Crippen LogP contribution in [0.25, 0.3) is 0 Å². The number of piperazine rings is 1. The first-order chi connectivity index (χ1) is 23.8. The number of hydrogen-bond donors (Lipinski definition) is 2. The van der Waals surface area contributed by atoms with Crippen LogP contribution in [0.2, 0.25) is 0 Å². The Morgan fingerprint density at radius 2 is 1.92 bits per heavy atom. The number of hydrogen-bond acceptors (Lipinski definition) is 9. The smallest absolute Gasteiger partial charge is 0.246 e. The van der Waals surface area contributed by atoms with Gasteiger partial charge in [0.1, 0.15) is 0 Å². The Morgan fingerprint density at radius 3 is 2.65 bits per heavy atom. The monoisotopic (exact) mass is 688 g/mol. The zero-order valence-electron chi connectivity index (χ0n) is 29.6. The van der Waals surface area contributed by atoms with E-state index < -0.39 is 16.6 Å². The molecule has 10 heteroatoms. The number of nitrogens with zero attached hydrogens (tertiary/aromatic N) is 4. The first kappa shape index (κ1) is 35.2. The van der Waals surface area contributed by atoms with Crippen LogP contribution < -0.4 is 10.6 Å². The molecule has 0 aromatic heterocycles. The molecule has 7 atom stereocenters. The number of fused-ring (bicyclic) bond motifs is 2. The van der Waals surface area contributed by atoms with Crippen LogP contribution in [0.1, 0.15) is 87.3 Å². The van der Waals surface area contributed by atoms with Crippen molar-refractivity contribution >= 4 is 23.5 Å². The van der Waals surface area contributed by atoms with Crippen molar-refractivity contribution in [3.63, 3.8) is 0 Å². The second-order valence-corrected chi connectivity index (χ2v) is 17.1. The molecule has 4 heterocycles. The Morgan fingerprint density at radius 1 is 1.10 bits per heavy atom. The molecule has 1 aromatic rings. The fourth-order valence-electron chi connectivity index (χ4n) is 10.3. The maximum absolute atomic E-state index is 15.9. The van der Waals surface area contributed by atoms with E-state index in [0.717, 1.165) is 63.7 Å². The number of Topliss-reactive ketones (excluding diaryl/α,β-unsaturated/α-hetero) is 1. The predicted molar refractivity (Wildman–Crippen MR) is 194 cm³/mol. The summed E-state index contributed by atoms with van der Waals surface area (Å²) in [6.45, 7) is 9.38. The average molecular weight is 689 g/mol. The van der Waals surface area contributed by atoms with Crippen LogP contribution in [0.3, 0.4) is 0 Å². The van der Waals surface area contributed by atoms with E-state index in [0.29, 0.717) is 38.1 Å². The molecular formula is C39H56N6O3S. The summed E-state index contributed by atoms with van der Waals surface area (Å²) >= 11 is 1.89. The van der Waals surface area contributed by atoms with Crippen molar-refractivity contribution in [2.24, 2.45) is 11.8 Å². The number of likely N-dealkylation sites (tertiary alicyclic amines) is 1. The third-order valence-electron chi connectivity index (χ3n) is 13.0. The fourth-order valence-corrected chi connectivity index (χ4v) is 11.9. The highest BCUT2D eigenvalue weighted by atomic mass is 32.2. The van der Waals surface area contributed by atoms with E-state index in [1.54, 1.807) is 0 Å². The van der Waals surface area contributed by atoms with E-state index in [-0.39, 0.29) is 36.4 Å². The van der Waals surface area contributed by atoms with Gasteiger partial charge in [0.05, 0.1) is 41.6 Å². The van der Waals surface area contributed by atoms with Crippen molar-refractivity contribution in [2.45, 2.75) is 125 Å². The van der Waals surface area contributed by atoms with Gasteiger partial charge in [-0.05, 0) is 88.6 Å². The number of rotatable bonds is 7. The molecule has 4 aliphatic heterocycles. The summed E-state index contributed by atoms with van der Waals surface area (Å²) in [6.07, 6.45) is 12.8. The summed E-state index contributed by atoms with van der Waals surface area (Å²) in [5.41, 5.74) is 3.24. The highest BCUT2D eigenvalue weighted by Crippen LogP contribution is 2.55. The SMILES string of the molecule is C=CC(=O)N1CCN(C2NC(OCC3CCCN3C)NC3(C4CCCCCC4)C(=O)[C@]4(CCC23)Cc2cc(C)ccc2CS4)CC1CC#N. The summed E-state index contributed by atoms with van der Waals surface area (Å²) in [5, 5.41) is 17.7. The highest BCUT2D eigenvalue weighted by Gasteiger charge is 2.66. The largest absolute Gasteiger partial charge is 0.348 e. The predicted octanol–water partition coefficient (Wildman–Crippen LogP) is 4.74. The molecule has 0 radical (unpaired) electrons. The Kier molecular flexibility index (Phi) is 10.6. The Balaban J connectivity index is 1.27. The molecule has 9 nitrogen and oxygen atoms in total. The maximum Gasteiger partial charge on any atom is 0.246 e. The molecule has 6 unspecified atom stereocenters. The number of ketones is 1. The van der Waals surface area contributed by atoms with Gasteiger partial charge in [0.2, 0.25) is 5.91 Å². The third-order valence-corrected chi connectivity index (χ3v) is 14.5. The molecule has 2 aliphatic carbocycles. The lowest BCUT2D eigenvalue weighted by Gasteiger charge is -2.62. The average Bonchev–Trinajstić information content (AvgIpc) is 3.33. The van der Waals surface area contributed by atoms with Gasteiger partial charge in [-0.1, -0.05) is 56.0 Å². The number of nitrogens with one attached hydrogen (secondary N) is 2. The van der Waals surface area contributed by atoms with Crippen molar-refractivity contribution in [1.29, 1.82) is 5.26 Å². The van der Waals surface area contributed by atoms with Crippen LogP contribution in [0.15, 0.2) is 30.9 Å². The Hall–Kier alpha value is -2.26. The number of nitriles is 1. The van der Waals surface area contributed by atoms with Gasteiger partial charge in [-0.2, -0.15) is 5.26 Å². The number of carbonyl (C=O) groups excluding carboxylic acids is 2. The molecule has 2 saturated carbocycles. The van der Waals surface area contributed by atoms with Crippen molar-refractivity contribution in [3.8, 4) is 6.07 Å². The molecule has 3 saturated heterocycles. The molecule has 0 bridgehead atoms. The van der Waals surface area contributed by atoms with Crippen LogP contribution in [0.5, 0.6) is 0 Å². The van der Waals surface area contributed by atoms with Crippen LogP contribution in [0, 0.1) is 30.1 Å². The zero-order chi connectivity index (χ0) is 34.2. The summed E-state index contributed by atoms with van der Waals surface area (Å²) < 4.78 is 6.36. The first-order valence-corrected chi connectivity index (χ1v) is 19.9. The molecule has 1 amide bonds. The lowest BCUT2D eigenvalue weighted by Crippen LogP contribution is -2.82. The Labute approximate surface area is 297 Å². The zero-order valence-corrected chi connectivity index (χ0v) is 30.4. The van der Waals surface area contributed by atoms with Gasteiger partial charge >= 0.3 is 0 Å². The van der Waals surface area contributed by atoms with Crippen LogP contribution >= 0.6 is 11.8 Å². The fraction of sp³-hybridized carbons (Fsp3) is 0.718. The van der Waals surface area contributed by atoms with Gasteiger partial charge in [-0.25, -0.2) is 0 Å². The minimum atomic E-state index is -0.724. The molecule has 5 fully saturated rings. The van der Waals surface area contributed by atoms with Crippen molar-refractivity contribution in [2.75, 3.05) is 39.8 Å². The minimum absolute atomic E-state index is 0.0478. The van der Waals surface area contributed by atoms with Crippen molar-refractivity contribution in [3.05, 3.63) is 47.5 Å². The number of likely N-dealkylation sites (N-methyl/N-ethyl adjacent to an activating group) is 1. The number of thioether (sulfide) groups is 1. The van der Waals surface area contributed by atoms with Gasteiger partial charge in [-0.3, -0.25) is 25.1 Å². The molecule has 6 aliphatic rings. The van der Waals surface area contributed by atoms with Crippen LogP contribution in [-0.2, 0) is 26.5 Å². The van der Waals surface area contributed by atoms with Gasteiger partial charge < -0.3 is 14.5 Å². The molecule has 2 N–H and O–H groups in total. The van der Waals surface area contributed by atoms with Gasteiger partial charge in [0, 0.05) is 37.3 Å². The third kappa shape index (κ3) is 6.65. The second-order valence-electron chi connectivity index (χ2n) is 15.8. The van der Waals surface area contributed by atoms with E-state index >= 15 is 4.79 Å². The summed E-state index contributed by atoms with van der Waals surface area (Å²) in [7, 11) is 2.18. The number of amides is 1. The van der Waals surface area contributed by atoms with E-state index in [4.69, 9.17) is 4.74 Å². The summed E-state index contributed by atoms with van der Waals surface area (Å²) in [5.74, 6) is 1.43. The van der Waals surface area contributed by atoms with E-state index in [2.05, 4.69) is 65.3 Å². The lowest BCUT2D eigenvalue weighted by atomic mass is 9.57. The van der Waals surface area contributed by atoms with Gasteiger partial charge in [0.15, 0.2) is 12.1 Å². The number of ether oxygens (including phenoxy) is 1. The molecule has 7 rings (SSSR count). The minimum Gasteiger partial charge on any atom is -0.348 e. The molecule has 1 spiro atoms. The van der Waals surface area contributed by atoms with E-state index in [1.807, 2.05) is 16.7 Å². The number of aryl methyl sites for hydroxylation is 1. The normalized spacial score (nSPS) is 36.1. The molecular weight excluding hydrogens is 633 g/mol. The number of benzene rings is 1. The van der Waals surface area contributed by atoms with Gasteiger partial charge in [0.25, 0.3) is 0 Å². The van der Waals surface area contributed by atoms with E-state index in [1.165, 1.54) is 42.0 Å². The topological polar surface area (TPSA) is 101 Å². The first-order valence-electron chi connectivity index (χ1n) is 18.9. The maximum atomic E-state index is 15.9. The van der Waals surface area contributed by atoms with E-state index in [9.17, 15) is 10.1 Å². The standard InChI is InChI=1S/C39H56N6O3S/c1-4-34(46)45-21-20-44(24-31(45)16-18-40)35-33-15-17-38(23-29-22-27(2)13-14-28(29)26-49-38)36(47)39(33,30-10-7-5-6-8-11-30)42-37(41-35)48-25-32-12-9-19-43(32)3/h4,13-14,22,30-33,35,37,41-42H,1,5-12,15-17,19-21,23-26H2,2-3H3/t31?,32?,33?,35?,37?,38-,39?/m0/s1. The highest BCUT2D eigenvalue weighted by molar-refractivity contribution is 8.00. The van der Waals surface area contributed by atoms with Crippen molar-refractivity contribution < 1.29 is 14.3 Å². The quantitative estimate of drug-likeness (QED) is 0.311. The molecule has 1 aromatic carbocycles. The molecule has 266 valence electrons. The lowest BCUT2D eigenvalue weighted by molar-refractivity contribution is -0.168. The number of carbonyl (C=O) groups is 2. The van der Waals surface area contributed by atoms with Crippen LogP contribution in [-0.4, -0.2) is 101 Å². The second kappa shape index (κ2) is 14.8. The summed E-state index contributed by atoms with van der Waals surface area (Å²) in [4.78, 5) is 35.4. The van der Waals surface area contributed by atoms with Gasteiger partial charge in [-0.15, -0.1) is 11.8 Å². The summed E-state index contributed by atoms with van der Waals surface area (Å²) in [6, 6.07) is 9.26. The molecule has 49 heavy (non-hydrogen) atoms. The van der Waals surface area contributed by atoms with Crippen LogP contribution in [0.4, 0.5) is 0 Å². The Bertz CT molecular complexity index is 1440.